The first-order chi connectivity index (χ1) is 56.3. The summed E-state index contributed by atoms with van der Waals surface area (Å²) in [4.78, 5) is 128. The van der Waals surface area contributed by atoms with E-state index in [0.29, 0.717) is 22.9 Å². The minimum absolute atomic E-state index is 0.0648. The topological polar surface area (TPSA) is 520 Å². The van der Waals surface area contributed by atoms with Gasteiger partial charge >= 0.3 is 35.7 Å². The number of rotatable bonds is 37. The average molecular weight is 1850 g/mol. The second-order valence-corrected chi connectivity index (χ2v) is 36.7. The highest BCUT2D eigenvalue weighted by molar-refractivity contribution is 8.14. The van der Waals surface area contributed by atoms with Crippen LogP contribution in [0, 0.1) is 32.5 Å². The van der Waals surface area contributed by atoms with Crippen LogP contribution in [0.5, 0.6) is 0 Å². The fourth-order valence-corrected chi connectivity index (χ4v) is 12.6. The predicted molar refractivity (Wildman–Crippen MR) is 441 cm³/mol. The van der Waals surface area contributed by atoms with Gasteiger partial charge in [-0.25, -0.2) is 13.3 Å². The van der Waals surface area contributed by atoms with Crippen LogP contribution in [-0.4, -0.2) is 283 Å². The third-order valence-electron chi connectivity index (χ3n) is 15.0. The van der Waals surface area contributed by atoms with Crippen molar-refractivity contribution in [2.75, 3.05) is 134 Å². The number of nitrogens with one attached hydrogen (secondary N) is 1. The van der Waals surface area contributed by atoms with Crippen molar-refractivity contribution in [2.45, 2.75) is 185 Å². The summed E-state index contributed by atoms with van der Waals surface area (Å²) in [6.45, 7) is 31.5. The van der Waals surface area contributed by atoms with E-state index in [2.05, 4.69) is 40.4 Å². The molecule has 0 amide bonds. The SMILES string of the molecule is C1CCOC1.CC.CC(C)(CO)C(=O)O.C[C@@H]1O[C@H](CO)[C@@H](O)[C@@]1(C)F.[2H]C(=O)Cl.[2H]C(=O)OCC(C)(C)C(=O)O.[2H]C(=O)OCC(C)(C)C(=O)SCCO.[2H]C(=O)OCC(C)(C)C(=O)SCCOP(=O)(Nc1ccccc1)OC[C@H]1O[C@@H](C)[C@](C)(F)[C@@H]1O.[2H]C(=O)OCC(C)(C)C(=O)SCCO[P+](C)=O.[2H]C(=O)OCC(C)(C)C(=O)SCCO[P+](C)=O. The number of hydrogen-bond acceptors (Lipinski definition) is 36. The van der Waals surface area contributed by atoms with Gasteiger partial charge in [0.1, 0.15) is 72.0 Å². The Labute approximate surface area is 717 Å². The normalized spacial score (nSPS) is 20.6. The summed E-state index contributed by atoms with van der Waals surface area (Å²) in [5.74, 6) is -0.795. The molecule has 1 aromatic carbocycles. The fourth-order valence-electron chi connectivity index (χ4n) is 7.10. The Bertz CT molecular complexity index is 3350. The maximum atomic E-state index is 14.5. The van der Waals surface area contributed by atoms with Gasteiger partial charge in [0.15, 0.2) is 52.0 Å². The molecule has 0 aromatic heterocycles. The molecule has 3 fully saturated rings. The van der Waals surface area contributed by atoms with Crippen molar-refractivity contribution in [3.63, 3.8) is 0 Å². The van der Waals surface area contributed by atoms with Crippen LogP contribution in [0.25, 0.3) is 0 Å². The minimum atomic E-state index is -3.99. The van der Waals surface area contributed by atoms with Gasteiger partial charge in [-0.15, -0.1) is 9.05 Å². The standard InChI is InChI=1S/C21H31FNO8PS.2C9H16O5PS.C8H14O4S.C7H13FO3.C6H10O4.C5H10O3.C4H8O.C2H6.CHClO/c1-15-21(4,22)18(25)17(31-15)12-30-32(27,23-16-8-6-5-7-9-16)29-10-11-33-19(26)20(2,3)13-28-14-24;2*1-9(2,6-13-7-10)8(11)16-5-4-14-15(3)12;1-8(2,5-12-6-10)7(11)13-4-3-9;1-4-7(2,8)6(10)5(3-9)11-4;1-6(2,5(8)9)3-10-4-7;1-5(2,3-6)4(7)8;1-2-4-5-3-1;1-2;2-1-3/h5-9,14-15,17-18,25H,10-13H2,1-4H3,(H,23,27);2*7H,4-6H2,1-3H3;6,9H,3-5H2,1-2H3;4-6,9-10H,3H2,1-2H3;4H,3H2,1-2H3,(H,8,9);6H,3H2,1-2H3,(H,7,8);1-4H2;1-2H3;1H/q;2*+1;;;;;;;/t15-,17+,18+,21-,32?;;;;4-,5+,6+,7-;;;;;/m0...0...../s1/i14D;2*7D;6D;;4D;;;;1D. The zero-order valence-electron chi connectivity index (χ0n) is 75.8. The molecule has 35 nitrogen and oxygen atoms in total. The molecule has 11 atom stereocenters. The molecule has 3 aliphatic heterocycles. The summed E-state index contributed by atoms with van der Waals surface area (Å²) in [5, 5.41) is 63.6. The lowest BCUT2D eigenvalue weighted by atomic mass is 9.95. The maximum absolute atomic E-state index is 14.5. The Morgan fingerprint density at radius 3 is 1.11 bits per heavy atom. The van der Waals surface area contributed by atoms with Crippen LogP contribution in [0.15, 0.2) is 30.3 Å². The van der Waals surface area contributed by atoms with Crippen LogP contribution in [0.2, 0.25) is 0 Å². The number of hydrogen-bond donors (Lipinski definition) is 8. The molecule has 680 valence electrons. The predicted octanol–water partition coefficient (Wildman–Crippen LogP) is 10.1. The Balaban J connectivity index is -0.000000333. The molecule has 0 bridgehead atoms. The second kappa shape index (κ2) is 66.7. The van der Waals surface area contributed by atoms with E-state index in [1.165, 1.54) is 74.6 Å². The van der Waals surface area contributed by atoms with Gasteiger partial charge in [0.05, 0.1) is 77.7 Å². The zero-order chi connectivity index (χ0) is 97.3. The number of ether oxygens (including phenoxy) is 8. The van der Waals surface area contributed by atoms with Gasteiger partial charge in [-0.05, 0) is 156 Å². The van der Waals surface area contributed by atoms with E-state index in [-0.39, 0.29) is 105 Å². The van der Waals surface area contributed by atoms with Crippen LogP contribution in [0.3, 0.4) is 0 Å². The molecule has 117 heavy (non-hydrogen) atoms. The van der Waals surface area contributed by atoms with Crippen molar-refractivity contribution in [1.29, 1.82) is 0 Å². The van der Waals surface area contributed by atoms with Gasteiger partial charge < -0.3 is 73.6 Å². The number of anilines is 1. The summed E-state index contributed by atoms with van der Waals surface area (Å²) in [6.07, 6.45) is -9.37. The number of benzene rings is 1. The first-order valence-corrected chi connectivity index (χ1v) is 44.6. The summed E-state index contributed by atoms with van der Waals surface area (Å²) in [6, 6.07) is 8.50. The average Bonchev–Trinajstić information content (AvgIpc) is 1.65. The summed E-state index contributed by atoms with van der Waals surface area (Å²) < 4.78 is 159. The number of aliphatic carboxylic acids is 2. The van der Waals surface area contributed by atoms with Gasteiger partial charge in [0.2, 0.25) is 5.72 Å². The second-order valence-electron chi connectivity index (χ2n) is 28.3. The lowest BCUT2D eigenvalue weighted by Gasteiger charge is -2.24. The van der Waals surface area contributed by atoms with Crippen LogP contribution in [0.1, 0.15) is 146 Å². The van der Waals surface area contributed by atoms with Crippen molar-refractivity contribution < 1.29 is 180 Å². The van der Waals surface area contributed by atoms with E-state index in [0.717, 1.165) is 60.3 Å². The van der Waals surface area contributed by atoms with Gasteiger partial charge in [-0.3, -0.25) is 71.7 Å². The summed E-state index contributed by atoms with van der Waals surface area (Å²) in [7, 11) is -7.28. The molecule has 3 unspecified atom stereocenters. The minimum Gasteiger partial charge on any atom is -0.481 e. The van der Waals surface area contributed by atoms with E-state index in [1.807, 2.05) is 13.8 Å². The third kappa shape index (κ3) is 58.0. The van der Waals surface area contributed by atoms with E-state index < -0.39 is 154 Å². The number of para-hydroxylation sites is 1. The van der Waals surface area contributed by atoms with Gasteiger partial charge in [0.25, 0.3) is 32.2 Å². The van der Waals surface area contributed by atoms with Crippen molar-refractivity contribution in [3.8, 4) is 0 Å². The van der Waals surface area contributed by atoms with E-state index in [4.69, 9.17) is 70.9 Å². The molecule has 0 aliphatic carbocycles. The fraction of sp³-hybridized carbons (Fsp3) is 0.750. The summed E-state index contributed by atoms with van der Waals surface area (Å²) in [5.41, 5.74) is -9.99. The zero-order valence-corrected chi connectivity index (χ0v) is 76.5. The number of carboxylic acid groups (broad SMARTS) is 2. The molecular formula is C72H125ClF2NO34P3S4+2. The summed E-state index contributed by atoms with van der Waals surface area (Å²) >= 11 is 8.25. The first-order valence-electron chi connectivity index (χ1n) is 38.5. The van der Waals surface area contributed by atoms with Crippen LogP contribution < -0.4 is 5.09 Å². The lowest BCUT2D eigenvalue weighted by Crippen LogP contribution is -2.41. The van der Waals surface area contributed by atoms with Gasteiger partial charge in [0, 0.05) is 41.9 Å². The van der Waals surface area contributed by atoms with Crippen molar-refractivity contribution >= 4 is 159 Å². The highest BCUT2D eigenvalue weighted by atomic mass is 35.5. The molecule has 1 aromatic rings. The van der Waals surface area contributed by atoms with Crippen LogP contribution in [-0.2, 0) is 127 Å². The highest BCUT2D eigenvalue weighted by Gasteiger charge is 2.53. The lowest BCUT2D eigenvalue weighted by molar-refractivity contribution is -0.152. The van der Waals surface area contributed by atoms with E-state index in [9.17, 15) is 85.4 Å². The maximum Gasteiger partial charge on any atom is 0.504 e. The number of carbonyl (C=O) groups excluding carboxylic acids is 10. The molecule has 0 spiro atoms. The number of aliphatic hydroxyl groups excluding tert-OH is 5. The molecule has 4 rings (SSSR count). The Morgan fingerprint density at radius 2 is 0.872 bits per heavy atom. The Morgan fingerprint density at radius 1 is 0.564 bits per heavy atom. The molecule has 8 N–H and O–H groups in total. The van der Waals surface area contributed by atoms with E-state index in [1.54, 1.807) is 92.6 Å². The quantitative estimate of drug-likeness (QED) is 0.0101. The first kappa shape index (κ1) is 110. The molecule has 45 heteroatoms. The molecule has 3 heterocycles. The number of carbonyl (C=O) groups is 12. The van der Waals surface area contributed by atoms with Crippen LogP contribution >= 0.6 is 82.5 Å². The molecule has 0 radical (unpaired) electrons. The van der Waals surface area contributed by atoms with E-state index >= 15 is 0 Å². The number of carboxylic acids is 2. The number of thioether (sulfide) groups is 4. The number of halogens is 3. The Kier molecular flexibility index (Phi) is 62.9. The van der Waals surface area contributed by atoms with Crippen LogP contribution in [0.4, 0.5) is 14.5 Å². The molecular weight excluding hydrogens is 1720 g/mol. The monoisotopic (exact) mass is 1850 g/mol. The number of alkyl halides is 2. The third-order valence-corrected chi connectivity index (χ3v) is 22.4. The smallest absolute Gasteiger partial charge is 0.481 e. The Hall–Kier alpha value is -4.84. The van der Waals surface area contributed by atoms with Crippen molar-refractivity contribution in [2.24, 2.45) is 32.5 Å². The van der Waals surface area contributed by atoms with Gasteiger partial charge in [-0.2, -0.15) is 0 Å². The highest BCUT2D eigenvalue weighted by Crippen LogP contribution is 2.49. The van der Waals surface area contributed by atoms with Gasteiger partial charge in [-0.1, -0.05) is 79.1 Å². The molecule has 3 saturated heterocycles. The number of aliphatic hydroxyl groups is 5. The largest absolute Gasteiger partial charge is 0.504 e. The molecule has 0 saturated carbocycles. The van der Waals surface area contributed by atoms with Crippen molar-refractivity contribution in [1.82, 2.24) is 0 Å². The van der Waals surface area contributed by atoms with Crippen molar-refractivity contribution in [3.05, 3.63) is 30.3 Å². The molecule has 3 aliphatic rings.